The van der Waals surface area contributed by atoms with Gasteiger partial charge in [-0.15, -0.1) is 10.2 Å². The molecule has 0 aliphatic heterocycles. The van der Waals surface area contributed by atoms with Crippen molar-refractivity contribution in [3.05, 3.63) is 42.1 Å². The minimum Gasteiger partial charge on any atom is -0.307 e. The average Bonchev–Trinajstić information content (AvgIpc) is 3.13. The van der Waals surface area contributed by atoms with Crippen LogP contribution in [0.2, 0.25) is 0 Å². The zero-order chi connectivity index (χ0) is 14.2. The van der Waals surface area contributed by atoms with Crippen LogP contribution >= 0.6 is 11.8 Å². The van der Waals surface area contributed by atoms with Crippen LogP contribution < -0.4 is 0 Å². The van der Waals surface area contributed by atoms with Crippen molar-refractivity contribution in [2.45, 2.75) is 43.1 Å². The third-order valence-corrected chi connectivity index (χ3v) is 4.77. The molecule has 0 atom stereocenters. The van der Waals surface area contributed by atoms with E-state index in [-0.39, 0.29) is 0 Å². The topological polar surface area (TPSA) is 48.0 Å². The van der Waals surface area contributed by atoms with Gasteiger partial charge in [0.1, 0.15) is 11.5 Å². The van der Waals surface area contributed by atoms with Gasteiger partial charge in [0.05, 0.1) is 5.69 Å². The Bertz CT molecular complexity index is 738. The molecule has 0 saturated heterocycles. The molecular weight excluding hydrogens is 282 g/mol. The summed E-state index contributed by atoms with van der Waals surface area (Å²) in [6, 6.07) is 6.05. The Kier molecular flexibility index (Phi) is 3.18. The average molecular weight is 299 g/mol. The number of rotatable bonds is 5. The minimum absolute atomic E-state index is 0.641. The maximum atomic E-state index is 4.62. The lowest BCUT2D eigenvalue weighted by Gasteiger charge is -2.05. The molecule has 1 aliphatic rings. The number of hydrogen-bond acceptors (Lipinski definition) is 4. The predicted octanol–water partition coefficient (Wildman–Crippen LogP) is 3.12. The quantitative estimate of drug-likeness (QED) is 0.679. The first-order chi connectivity index (χ1) is 10.3. The fourth-order valence-corrected chi connectivity index (χ4v) is 3.44. The number of nitrogens with zero attached hydrogens (tertiary/aromatic N) is 5. The molecule has 3 aromatic rings. The first-order valence-corrected chi connectivity index (χ1v) is 8.32. The zero-order valence-corrected chi connectivity index (χ0v) is 12.8. The molecule has 0 aromatic carbocycles. The van der Waals surface area contributed by atoms with Gasteiger partial charge in [-0.2, -0.15) is 0 Å². The zero-order valence-electron chi connectivity index (χ0n) is 11.9. The standard InChI is InChI=1S/C15H17N5S/c1-2-20-14(11-6-7-11)17-18-15(20)21-10-12-9-19-8-4-3-5-13(19)16-12/h3-5,8-9,11H,2,6-7,10H2,1H3. The van der Waals surface area contributed by atoms with E-state index in [2.05, 4.69) is 37.3 Å². The van der Waals surface area contributed by atoms with E-state index in [4.69, 9.17) is 0 Å². The van der Waals surface area contributed by atoms with Crippen molar-refractivity contribution < 1.29 is 0 Å². The second-order valence-electron chi connectivity index (χ2n) is 5.35. The summed E-state index contributed by atoms with van der Waals surface area (Å²) in [5.74, 6) is 2.63. The van der Waals surface area contributed by atoms with Crippen molar-refractivity contribution in [2.24, 2.45) is 0 Å². The molecule has 21 heavy (non-hydrogen) atoms. The van der Waals surface area contributed by atoms with Gasteiger partial charge in [0.25, 0.3) is 0 Å². The lowest BCUT2D eigenvalue weighted by molar-refractivity contribution is 0.643. The van der Waals surface area contributed by atoms with Gasteiger partial charge in [0, 0.05) is 30.6 Å². The normalized spacial score (nSPS) is 14.9. The van der Waals surface area contributed by atoms with Crippen molar-refractivity contribution in [1.82, 2.24) is 24.1 Å². The van der Waals surface area contributed by atoms with E-state index < -0.39 is 0 Å². The van der Waals surface area contributed by atoms with Crippen LogP contribution in [0.3, 0.4) is 0 Å². The van der Waals surface area contributed by atoms with E-state index in [0.717, 1.165) is 34.6 Å². The Labute approximate surface area is 127 Å². The first kappa shape index (κ1) is 12.9. The van der Waals surface area contributed by atoms with Gasteiger partial charge >= 0.3 is 0 Å². The molecule has 0 unspecified atom stereocenters. The monoisotopic (exact) mass is 299 g/mol. The molecule has 3 aromatic heterocycles. The van der Waals surface area contributed by atoms with Gasteiger partial charge in [-0.05, 0) is 31.9 Å². The van der Waals surface area contributed by atoms with Crippen molar-refractivity contribution in [3.63, 3.8) is 0 Å². The van der Waals surface area contributed by atoms with Crippen LogP contribution in [0.1, 0.15) is 37.2 Å². The van der Waals surface area contributed by atoms with E-state index in [9.17, 15) is 0 Å². The maximum Gasteiger partial charge on any atom is 0.191 e. The van der Waals surface area contributed by atoms with E-state index >= 15 is 0 Å². The highest BCUT2D eigenvalue weighted by Crippen LogP contribution is 2.40. The third kappa shape index (κ3) is 2.44. The first-order valence-electron chi connectivity index (χ1n) is 7.33. The molecule has 1 aliphatic carbocycles. The predicted molar refractivity (Wildman–Crippen MR) is 82.4 cm³/mol. The lowest BCUT2D eigenvalue weighted by atomic mass is 10.4. The van der Waals surface area contributed by atoms with Crippen LogP contribution in [0.25, 0.3) is 5.65 Å². The molecule has 3 heterocycles. The van der Waals surface area contributed by atoms with Crippen LogP contribution in [-0.2, 0) is 12.3 Å². The Hall–Kier alpha value is -1.82. The molecule has 5 nitrogen and oxygen atoms in total. The highest BCUT2D eigenvalue weighted by molar-refractivity contribution is 7.98. The highest BCUT2D eigenvalue weighted by Gasteiger charge is 2.29. The molecule has 1 saturated carbocycles. The summed E-state index contributed by atoms with van der Waals surface area (Å²) in [6.07, 6.45) is 6.62. The highest BCUT2D eigenvalue weighted by atomic mass is 32.2. The second-order valence-corrected chi connectivity index (χ2v) is 6.29. The summed E-state index contributed by atoms with van der Waals surface area (Å²) in [5.41, 5.74) is 2.06. The Morgan fingerprint density at radius 1 is 1.29 bits per heavy atom. The molecular formula is C15H17N5S. The summed E-state index contributed by atoms with van der Waals surface area (Å²) in [5, 5.41) is 9.74. The summed E-state index contributed by atoms with van der Waals surface area (Å²) < 4.78 is 4.30. The molecule has 0 radical (unpaired) electrons. The smallest absolute Gasteiger partial charge is 0.191 e. The van der Waals surface area contributed by atoms with Gasteiger partial charge in [0.2, 0.25) is 0 Å². The van der Waals surface area contributed by atoms with Gasteiger partial charge in [-0.25, -0.2) is 4.98 Å². The molecule has 1 fully saturated rings. The van der Waals surface area contributed by atoms with E-state index in [1.54, 1.807) is 11.8 Å². The third-order valence-electron chi connectivity index (χ3n) is 3.77. The number of thioether (sulfide) groups is 1. The largest absolute Gasteiger partial charge is 0.307 e. The summed E-state index contributed by atoms with van der Waals surface area (Å²) in [7, 11) is 0. The number of hydrogen-bond donors (Lipinski definition) is 0. The van der Waals surface area contributed by atoms with Crippen LogP contribution in [-0.4, -0.2) is 24.1 Å². The van der Waals surface area contributed by atoms with E-state index in [0.29, 0.717) is 5.92 Å². The Morgan fingerprint density at radius 2 is 2.19 bits per heavy atom. The molecule has 6 heteroatoms. The van der Waals surface area contributed by atoms with Crippen LogP contribution in [0, 0.1) is 0 Å². The number of fused-ring (bicyclic) bond motifs is 1. The van der Waals surface area contributed by atoms with Crippen molar-refractivity contribution in [1.29, 1.82) is 0 Å². The Morgan fingerprint density at radius 3 is 2.95 bits per heavy atom. The van der Waals surface area contributed by atoms with Gasteiger partial charge in [-0.1, -0.05) is 17.8 Å². The fourth-order valence-electron chi connectivity index (χ4n) is 2.54. The van der Waals surface area contributed by atoms with Gasteiger partial charge < -0.3 is 8.97 Å². The number of imidazole rings is 1. The second kappa shape index (κ2) is 5.18. The van der Waals surface area contributed by atoms with Crippen molar-refractivity contribution >= 4 is 17.4 Å². The summed E-state index contributed by atoms with van der Waals surface area (Å²) >= 11 is 1.72. The van der Waals surface area contributed by atoms with E-state index in [1.807, 2.05) is 24.4 Å². The molecule has 0 N–H and O–H groups in total. The summed E-state index contributed by atoms with van der Waals surface area (Å²) in [6.45, 7) is 3.09. The Balaban J connectivity index is 1.53. The van der Waals surface area contributed by atoms with Crippen LogP contribution in [0.5, 0.6) is 0 Å². The lowest BCUT2D eigenvalue weighted by Crippen LogP contribution is -2.01. The van der Waals surface area contributed by atoms with Crippen molar-refractivity contribution in [3.8, 4) is 0 Å². The van der Waals surface area contributed by atoms with Crippen LogP contribution in [0.4, 0.5) is 0 Å². The SMILES string of the molecule is CCn1c(SCc2cn3ccccc3n2)nnc1C1CC1. The van der Waals surface area contributed by atoms with Gasteiger partial charge in [-0.3, -0.25) is 0 Å². The maximum absolute atomic E-state index is 4.62. The number of aromatic nitrogens is 5. The fraction of sp³-hybridized carbons (Fsp3) is 0.400. The summed E-state index contributed by atoms with van der Waals surface area (Å²) in [4.78, 5) is 4.62. The minimum atomic E-state index is 0.641. The molecule has 4 rings (SSSR count). The molecule has 0 bridgehead atoms. The van der Waals surface area contributed by atoms with Gasteiger partial charge in [0.15, 0.2) is 5.16 Å². The van der Waals surface area contributed by atoms with E-state index in [1.165, 1.54) is 12.8 Å². The molecule has 0 spiro atoms. The number of pyridine rings is 1. The van der Waals surface area contributed by atoms with Crippen molar-refractivity contribution in [2.75, 3.05) is 0 Å². The van der Waals surface area contributed by atoms with Crippen LogP contribution in [0.15, 0.2) is 35.7 Å². The molecule has 0 amide bonds. The molecule has 108 valence electrons.